The van der Waals surface area contributed by atoms with Crippen LogP contribution in [0.15, 0.2) is 21.1 Å². The maximum Gasteiger partial charge on any atom is 0.249 e. The predicted molar refractivity (Wildman–Crippen MR) is 55.1 cm³/mol. The van der Waals surface area contributed by atoms with Crippen LogP contribution in [0.5, 0.6) is 0 Å². The van der Waals surface area contributed by atoms with Gasteiger partial charge in [0, 0.05) is 8.95 Å². The van der Waals surface area contributed by atoms with Crippen molar-refractivity contribution in [3.63, 3.8) is 0 Å². The van der Waals surface area contributed by atoms with E-state index in [9.17, 15) is 4.79 Å². The molecule has 3 nitrogen and oxygen atoms in total. The Bertz CT molecular complexity index is 409. The van der Waals surface area contributed by atoms with Gasteiger partial charge in [-0.05, 0) is 44.0 Å². The van der Waals surface area contributed by atoms with Gasteiger partial charge in [-0.25, -0.2) is 0 Å². The summed E-state index contributed by atoms with van der Waals surface area (Å²) in [5.41, 5.74) is 5.79. The van der Waals surface area contributed by atoms with E-state index in [0.29, 0.717) is 20.1 Å². The molecule has 5 heteroatoms. The number of amides is 1. The Hall–Kier alpha value is -0.860. The number of hydrogen-bond donors (Lipinski definition) is 1. The summed E-state index contributed by atoms with van der Waals surface area (Å²) in [6.45, 7) is 0. The van der Waals surface area contributed by atoms with E-state index >= 15 is 0 Å². The van der Waals surface area contributed by atoms with Crippen LogP contribution in [0.2, 0.25) is 0 Å². The van der Waals surface area contributed by atoms with Crippen LogP contribution in [0.4, 0.5) is 0 Å². The third-order valence-electron chi connectivity index (χ3n) is 1.44. The number of nitrogens with zero attached hydrogens (tertiary/aromatic N) is 1. The summed E-state index contributed by atoms with van der Waals surface area (Å²) in [7, 11) is 0. The molecule has 0 atom stereocenters. The van der Waals surface area contributed by atoms with Gasteiger partial charge in [0.05, 0.1) is 11.1 Å². The molecule has 1 amide bonds. The first-order valence-corrected chi connectivity index (χ1v) is 4.84. The molecule has 0 saturated carbocycles. The Morgan fingerprint density at radius 3 is 2.46 bits per heavy atom. The van der Waals surface area contributed by atoms with Crippen LogP contribution in [0.1, 0.15) is 15.9 Å². The summed E-state index contributed by atoms with van der Waals surface area (Å²) in [5.74, 6) is -0.559. The van der Waals surface area contributed by atoms with Gasteiger partial charge in [-0.2, -0.15) is 5.26 Å². The molecule has 0 radical (unpaired) electrons. The van der Waals surface area contributed by atoms with Gasteiger partial charge in [-0.3, -0.25) is 4.79 Å². The lowest BCUT2D eigenvalue weighted by Gasteiger charge is -2.01. The fourth-order valence-corrected chi connectivity index (χ4v) is 2.10. The highest BCUT2D eigenvalue weighted by molar-refractivity contribution is 9.11. The standard InChI is InChI=1S/C8H4Br2N2O/c9-6-2-7(10)5(8(12)13)1-4(6)3-11/h1-2H,(H2,12,13). The second kappa shape index (κ2) is 3.90. The zero-order valence-corrected chi connectivity index (χ0v) is 9.52. The molecule has 0 heterocycles. The summed E-state index contributed by atoms with van der Waals surface area (Å²) in [5, 5.41) is 8.67. The second-order valence-corrected chi connectivity index (χ2v) is 4.00. The highest BCUT2D eigenvalue weighted by Crippen LogP contribution is 2.25. The van der Waals surface area contributed by atoms with Gasteiger partial charge >= 0.3 is 0 Å². The average molecular weight is 304 g/mol. The molecule has 0 unspecified atom stereocenters. The van der Waals surface area contributed by atoms with Crippen LogP contribution >= 0.6 is 31.9 Å². The first-order valence-electron chi connectivity index (χ1n) is 3.25. The van der Waals surface area contributed by atoms with Crippen molar-refractivity contribution in [2.24, 2.45) is 5.73 Å². The van der Waals surface area contributed by atoms with Gasteiger partial charge in [0.15, 0.2) is 0 Å². The molecule has 66 valence electrons. The van der Waals surface area contributed by atoms with Crippen molar-refractivity contribution >= 4 is 37.8 Å². The van der Waals surface area contributed by atoms with Crippen LogP contribution in [0.25, 0.3) is 0 Å². The fraction of sp³-hybridized carbons (Fsp3) is 0. The molecule has 0 aliphatic rings. The Morgan fingerprint density at radius 2 is 2.00 bits per heavy atom. The van der Waals surface area contributed by atoms with E-state index in [0.717, 1.165) is 0 Å². The van der Waals surface area contributed by atoms with E-state index in [1.807, 2.05) is 6.07 Å². The molecule has 1 aromatic carbocycles. The number of halogens is 2. The van der Waals surface area contributed by atoms with Crippen LogP contribution in [0.3, 0.4) is 0 Å². The monoisotopic (exact) mass is 302 g/mol. The SMILES string of the molecule is N#Cc1cc(C(N)=O)c(Br)cc1Br. The van der Waals surface area contributed by atoms with E-state index in [1.54, 1.807) is 6.07 Å². The van der Waals surface area contributed by atoms with Gasteiger partial charge < -0.3 is 5.73 Å². The van der Waals surface area contributed by atoms with Crippen molar-refractivity contribution in [2.45, 2.75) is 0 Å². The van der Waals surface area contributed by atoms with Crippen molar-refractivity contribution in [1.82, 2.24) is 0 Å². The fourth-order valence-electron chi connectivity index (χ4n) is 0.823. The van der Waals surface area contributed by atoms with Crippen LogP contribution in [-0.2, 0) is 0 Å². The number of nitrogens with two attached hydrogens (primary N) is 1. The zero-order chi connectivity index (χ0) is 10.0. The minimum atomic E-state index is -0.559. The van der Waals surface area contributed by atoms with Crippen molar-refractivity contribution in [2.75, 3.05) is 0 Å². The Labute approximate surface area is 91.8 Å². The maximum atomic E-state index is 10.9. The highest BCUT2D eigenvalue weighted by atomic mass is 79.9. The molecule has 0 aliphatic carbocycles. The summed E-state index contributed by atoms with van der Waals surface area (Å²) < 4.78 is 1.21. The number of rotatable bonds is 1. The quantitative estimate of drug-likeness (QED) is 0.864. The van der Waals surface area contributed by atoms with E-state index in [2.05, 4.69) is 31.9 Å². The largest absolute Gasteiger partial charge is 0.366 e. The van der Waals surface area contributed by atoms with E-state index in [-0.39, 0.29) is 0 Å². The number of carbonyl (C=O) groups is 1. The predicted octanol–water partition coefficient (Wildman–Crippen LogP) is 2.18. The molecule has 0 aromatic heterocycles. The third-order valence-corrected chi connectivity index (χ3v) is 2.75. The first-order chi connectivity index (χ1) is 6.06. The molecule has 2 N–H and O–H groups in total. The normalized spacial score (nSPS) is 9.31. The number of nitriles is 1. The smallest absolute Gasteiger partial charge is 0.249 e. The van der Waals surface area contributed by atoms with E-state index in [4.69, 9.17) is 11.0 Å². The van der Waals surface area contributed by atoms with Crippen LogP contribution in [0, 0.1) is 11.3 Å². The number of benzene rings is 1. The van der Waals surface area contributed by atoms with Crippen molar-refractivity contribution in [3.05, 3.63) is 32.2 Å². The molecular weight excluding hydrogens is 300 g/mol. The lowest BCUT2D eigenvalue weighted by atomic mass is 10.1. The van der Waals surface area contributed by atoms with Gasteiger partial charge in [-0.15, -0.1) is 0 Å². The van der Waals surface area contributed by atoms with E-state index in [1.165, 1.54) is 6.07 Å². The summed E-state index contributed by atoms with van der Waals surface area (Å²) >= 11 is 6.36. The lowest BCUT2D eigenvalue weighted by molar-refractivity contribution is 0.0999. The summed E-state index contributed by atoms with van der Waals surface area (Å²) in [4.78, 5) is 10.9. The maximum absolute atomic E-state index is 10.9. The molecule has 0 spiro atoms. The molecular formula is C8H4Br2N2O. The molecule has 13 heavy (non-hydrogen) atoms. The second-order valence-electron chi connectivity index (χ2n) is 2.29. The molecule has 0 saturated heterocycles. The van der Waals surface area contributed by atoms with Gasteiger partial charge in [0.25, 0.3) is 0 Å². The Kier molecular flexibility index (Phi) is 3.07. The molecule has 1 rings (SSSR count). The molecule has 0 aliphatic heterocycles. The van der Waals surface area contributed by atoms with Crippen molar-refractivity contribution < 1.29 is 4.79 Å². The number of primary amides is 1. The number of hydrogen-bond acceptors (Lipinski definition) is 2. The zero-order valence-electron chi connectivity index (χ0n) is 6.34. The first kappa shape index (κ1) is 10.2. The molecule has 1 aromatic rings. The Balaban J connectivity index is 3.41. The van der Waals surface area contributed by atoms with Crippen molar-refractivity contribution in [1.29, 1.82) is 5.26 Å². The minimum Gasteiger partial charge on any atom is -0.366 e. The third kappa shape index (κ3) is 2.08. The van der Waals surface area contributed by atoms with Crippen LogP contribution < -0.4 is 5.73 Å². The van der Waals surface area contributed by atoms with E-state index < -0.39 is 5.91 Å². The Morgan fingerprint density at radius 1 is 1.38 bits per heavy atom. The molecule has 0 fully saturated rings. The minimum absolute atomic E-state index is 0.305. The van der Waals surface area contributed by atoms with Gasteiger partial charge in [-0.1, -0.05) is 0 Å². The molecule has 0 bridgehead atoms. The van der Waals surface area contributed by atoms with Crippen molar-refractivity contribution in [3.8, 4) is 6.07 Å². The van der Waals surface area contributed by atoms with Gasteiger partial charge in [0.2, 0.25) is 5.91 Å². The lowest BCUT2D eigenvalue weighted by Crippen LogP contribution is -2.12. The topological polar surface area (TPSA) is 66.9 Å². The average Bonchev–Trinajstić information content (AvgIpc) is 2.03. The summed E-state index contributed by atoms with van der Waals surface area (Å²) in [6, 6.07) is 5.01. The van der Waals surface area contributed by atoms with Gasteiger partial charge in [0.1, 0.15) is 6.07 Å². The highest BCUT2D eigenvalue weighted by Gasteiger charge is 2.10. The number of carbonyl (C=O) groups excluding carboxylic acids is 1. The summed E-state index contributed by atoms with van der Waals surface area (Å²) in [6.07, 6.45) is 0. The van der Waals surface area contributed by atoms with Crippen LogP contribution in [-0.4, -0.2) is 5.91 Å².